The van der Waals surface area contributed by atoms with E-state index >= 15 is 0 Å². The smallest absolute Gasteiger partial charge is 0.830 e. The molecular formula is C56H89BNa2O28S. The van der Waals surface area contributed by atoms with Crippen LogP contribution in [0.2, 0.25) is 0 Å². The first-order valence-electron chi connectivity index (χ1n) is 30.0. The van der Waals surface area contributed by atoms with Gasteiger partial charge in [0.1, 0.15) is 85.6 Å². The van der Waals surface area contributed by atoms with Crippen LogP contribution >= 0.6 is 12.3 Å². The Morgan fingerprint density at radius 3 is 2.12 bits per heavy atom. The van der Waals surface area contributed by atoms with Gasteiger partial charge in [0.15, 0.2) is 0 Å². The summed E-state index contributed by atoms with van der Waals surface area (Å²) in [6, 6.07) is 0. The van der Waals surface area contributed by atoms with Gasteiger partial charge in [0, 0.05) is 44.4 Å². The van der Waals surface area contributed by atoms with Crippen molar-refractivity contribution < 1.29 is 197 Å². The molecule has 32 heteroatoms. The third-order valence-corrected chi connectivity index (χ3v) is 20.3. The maximum atomic E-state index is 12.2. The fourth-order valence-corrected chi connectivity index (χ4v) is 15.2. The molecule has 9 saturated heterocycles. The zero-order chi connectivity index (χ0) is 62.4. The van der Waals surface area contributed by atoms with Gasteiger partial charge in [-0.3, -0.25) is 14.2 Å². The number of hydrogen-bond acceptors (Lipinski definition) is 29. The molecule has 0 bridgehead atoms. The second-order valence-corrected chi connectivity index (χ2v) is 26.3. The van der Waals surface area contributed by atoms with Crippen molar-refractivity contribution in [2.24, 2.45) is 17.8 Å². The summed E-state index contributed by atoms with van der Waals surface area (Å²) in [4.78, 5) is 3.80. The maximum absolute atomic E-state index is 12.2. The predicted octanol–water partition coefficient (Wildman–Crippen LogP) is -9.59. The van der Waals surface area contributed by atoms with Crippen LogP contribution in [0.1, 0.15) is 106 Å². The van der Waals surface area contributed by atoms with Crippen LogP contribution in [0, 0.1) is 30.8 Å². The third kappa shape index (κ3) is 16.3. The summed E-state index contributed by atoms with van der Waals surface area (Å²) >= 11 is 0.0613. The second kappa shape index (κ2) is 32.4. The standard InChI is InChI=1S/C56H90BO28S.2Na/c1-22(12-13-58)25(4)27(59)15-24(3)41(64)32(82-57(70)84-71)11-10-23(2)40(63)26(5)47-43(66)44(67)53-49(78-47)30(62)20-55(6)39(77-53)19-34-38(81-55)21-56(7)54(76-34)46(69)51-37(80-56)17-29(61)48(79-51)42(65)28(60)16-35-52(83-86-85-72)45(68)50-36(74-35)18-33-31(75-50)9-8-14-73-33;;/h8,12,14,23-24,26-54,58-69,71-72H,4,9-11,13,15-21H2,1-3,5-7H3;;/q-1;2*+1/p-1/b22-12+;;/t23?,24-,26?,27?,28?,29?,30?,31?,32-,33-,34-,35-,36+,37?,38?,39+,40+,41?,42?,43?,44?,45+,46-,47?,48-,49?,50?,51+,52-,53?,54+,55?,56?;;/m0../s1. The number of hydrogen-bond donors (Lipinski definition) is 13. The summed E-state index contributed by atoms with van der Waals surface area (Å²) in [6.45, 7) is 15.2. The number of fused-ring (bicyclic) bond motifs is 7. The topological polar surface area (TPSA) is 429 Å². The van der Waals surface area contributed by atoms with Crippen molar-refractivity contribution in [3.63, 3.8) is 0 Å². The minimum atomic E-state index is -2.39. The first-order chi connectivity index (χ1) is 40.7. The molecular weight excluding hydrogens is 1210 g/mol. The molecule has 9 fully saturated rings. The van der Waals surface area contributed by atoms with Crippen molar-refractivity contribution in [3.05, 3.63) is 36.8 Å². The largest absolute Gasteiger partial charge is 1.00 e. The van der Waals surface area contributed by atoms with E-state index in [1.54, 1.807) is 54.6 Å². The maximum Gasteiger partial charge on any atom is 1.00 e. The Morgan fingerprint density at radius 2 is 1.43 bits per heavy atom. The molecule has 19 unspecified atom stereocenters. The number of aliphatic hydroxyl groups excluding tert-OH is 12. The van der Waals surface area contributed by atoms with Crippen LogP contribution in [0.4, 0.5) is 0 Å². The van der Waals surface area contributed by atoms with E-state index in [0.717, 1.165) is 0 Å². The Morgan fingerprint density at radius 1 is 0.739 bits per heavy atom. The van der Waals surface area contributed by atoms with Crippen molar-refractivity contribution in [1.82, 2.24) is 0 Å². The minimum Gasteiger partial charge on any atom is -0.830 e. The van der Waals surface area contributed by atoms with E-state index in [9.17, 15) is 71.6 Å². The molecule has 0 aromatic carbocycles. The summed E-state index contributed by atoms with van der Waals surface area (Å²) in [5.41, 5.74) is -1.60. The Balaban J connectivity index is 0.00000552. The SMILES string of the molecule is C=C(/C(C)=C/CO)C(O)C[C@H](C)C(O)[C@H](CCC(C)[C@@H](O)C(C)C1OC2C(O)CC3(C)OC4CC5(C)OC6CC(O)[C@@H](C(O)C(O)C[C@@H]7O[C@@H]8C[C@@H]9O[CH][CH]CC9OC8[C@@H](O)[C@H]7OSO[O-])O[C@H]6[C@H](O)[C@H]5O[C@H]4C[C@H]3OC2C(O)C1O)OB([O-])OO.[Na+].[Na+]. The molecule has 0 spiro atoms. The summed E-state index contributed by atoms with van der Waals surface area (Å²) in [7, 11) is -2.39. The number of aliphatic hydroxyl groups is 12. The van der Waals surface area contributed by atoms with E-state index in [1.807, 2.05) is 0 Å². The molecule has 9 aliphatic rings. The average molecular weight is 1300 g/mol. The summed E-state index contributed by atoms with van der Waals surface area (Å²) in [6.07, 6.45) is -29.0. The molecule has 0 amide bonds. The van der Waals surface area contributed by atoms with Gasteiger partial charge in [0.25, 0.3) is 0 Å². The molecule has 9 heterocycles. The number of ether oxygens (including phenoxy) is 9. The molecule has 9 aliphatic heterocycles. The molecule has 492 valence electrons. The zero-order valence-electron chi connectivity index (χ0n) is 51.0. The van der Waals surface area contributed by atoms with Crippen molar-refractivity contribution in [2.75, 3.05) is 6.61 Å². The van der Waals surface area contributed by atoms with Gasteiger partial charge in [0.2, 0.25) is 0 Å². The summed E-state index contributed by atoms with van der Waals surface area (Å²) < 4.78 is 72.2. The predicted molar refractivity (Wildman–Crippen MR) is 290 cm³/mol. The first-order valence-corrected chi connectivity index (χ1v) is 30.7. The minimum absolute atomic E-state index is 0. The molecule has 28 nitrogen and oxygen atoms in total. The second-order valence-electron chi connectivity index (χ2n) is 25.9. The summed E-state index contributed by atoms with van der Waals surface area (Å²) in [5, 5.41) is 169. The Kier molecular flexibility index (Phi) is 28.1. The summed E-state index contributed by atoms with van der Waals surface area (Å²) in [5.74, 6) is -2.22. The van der Waals surface area contributed by atoms with Gasteiger partial charge in [-0.1, -0.05) is 33.4 Å². The molecule has 0 saturated carbocycles. The van der Waals surface area contributed by atoms with E-state index in [-0.39, 0.29) is 142 Å². The van der Waals surface area contributed by atoms with E-state index in [2.05, 4.69) is 15.7 Å². The molecule has 88 heavy (non-hydrogen) atoms. The van der Waals surface area contributed by atoms with E-state index in [4.69, 9.17) is 56.7 Å². The van der Waals surface area contributed by atoms with Gasteiger partial charge in [-0.2, -0.15) is 0 Å². The monoisotopic (exact) mass is 1300 g/mol. The van der Waals surface area contributed by atoms with Gasteiger partial charge in [-0.15, -0.1) is 0 Å². The molecule has 0 aromatic heterocycles. The van der Waals surface area contributed by atoms with Gasteiger partial charge in [-0.25, -0.2) is 0 Å². The Labute approximate surface area is 561 Å². The van der Waals surface area contributed by atoms with Crippen LogP contribution < -0.4 is 69.4 Å². The van der Waals surface area contributed by atoms with Crippen LogP contribution in [0.5, 0.6) is 0 Å². The third-order valence-electron chi connectivity index (χ3n) is 19.9. The van der Waals surface area contributed by atoms with Crippen LogP contribution in [0.25, 0.3) is 0 Å². The van der Waals surface area contributed by atoms with Crippen molar-refractivity contribution in [3.8, 4) is 0 Å². The van der Waals surface area contributed by atoms with E-state index in [0.29, 0.717) is 24.0 Å². The zero-order valence-corrected chi connectivity index (χ0v) is 55.9. The van der Waals surface area contributed by atoms with Crippen LogP contribution in [-0.4, -0.2) is 263 Å². The fourth-order valence-electron chi connectivity index (χ4n) is 14.9. The van der Waals surface area contributed by atoms with Crippen molar-refractivity contribution in [1.29, 1.82) is 0 Å². The van der Waals surface area contributed by atoms with Gasteiger partial charge >= 0.3 is 66.4 Å². The molecule has 2 radical (unpaired) electrons. The van der Waals surface area contributed by atoms with E-state index < -0.39 is 195 Å². The normalized spacial score (nSPS) is 44.6. The van der Waals surface area contributed by atoms with Gasteiger partial charge in [0.05, 0.1) is 122 Å². The van der Waals surface area contributed by atoms with Crippen molar-refractivity contribution >= 4 is 19.6 Å². The average Bonchev–Trinajstić information content (AvgIpc) is 1.26. The molecule has 33 atom stereocenters. The van der Waals surface area contributed by atoms with Crippen molar-refractivity contribution in [2.45, 2.75) is 288 Å². The van der Waals surface area contributed by atoms with Gasteiger partial charge in [-0.05, 0) is 75.9 Å². The molecule has 13 N–H and O–H groups in total. The van der Waals surface area contributed by atoms with Crippen LogP contribution in [0.3, 0.4) is 0 Å². The Hall–Kier alpha value is 0.775. The quantitative estimate of drug-likeness (QED) is 0.0149. The van der Waals surface area contributed by atoms with Crippen LogP contribution in [0.15, 0.2) is 23.8 Å². The Bertz CT molecular complexity index is 2250. The molecule has 0 aliphatic carbocycles. The molecule has 9 rings (SSSR count). The molecule has 0 aromatic rings. The number of rotatable bonds is 23. The van der Waals surface area contributed by atoms with Crippen LogP contribution in [-0.2, 0) is 60.6 Å². The van der Waals surface area contributed by atoms with Gasteiger partial charge < -0.3 is 123 Å². The first kappa shape index (κ1) is 76.1. The van der Waals surface area contributed by atoms with E-state index in [1.165, 1.54) is 6.08 Å². The fraction of sp³-hybridized carbons (Fsp3) is 0.893.